The Kier molecular flexibility index (Phi) is 8.47. The summed E-state index contributed by atoms with van der Waals surface area (Å²) in [5.74, 6) is -1.28. The maximum atomic E-state index is 14.7. The van der Waals surface area contributed by atoms with E-state index < -0.39 is 29.5 Å². The first-order valence-corrected chi connectivity index (χ1v) is 12.3. The van der Waals surface area contributed by atoms with Gasteiger partial charge in [0.1, 0.15) is 17.7 Å². The molecule has 2 N–H and O–H groups in total. The number of hydrogen-bond donors (Lipinski definition) is 2. The Bertz CT molecular complexity index is 1320. The molecule has 0 unspecified atom stereocenters. The fourth-order valence-electron chi connectivity index (χ4n) is 3.56. The highest BCUT2D eigenvalue weighted by Crippen LogP contribution is 2.27. The van der Waals surface area contributed by atoms with Gasteiger partial charge in [0.05, 0.1) is 0 Å². The molecule has 0 aliphatic carbocycles. The van der Waals surface area contributed by atoms with E-state index in [9.17, 15) is 18.4 Å². The van der Waals surface area contributed by atoms with E-state index in [1.165, 1.54) is 42.1 Å². The van der Waals surface area contributed by atoms with E-state index >= 15 is 0 Å². The number of halogens is 2. The minimum Gasteiger partial charge on any atom is -0.340 e. The Morgan fingerprint density at radius 3 is 2.06 bits per heavy atom. The van der Waals surface area contributed by atoms with Crippen molar-refractivity contribution in [2.45, 2.75) is 23.1 Å². The van der Waals surface area contributed by atoms with E-state index in [-0.39, 0.29) is 17.7 Å². The molecule has 1 atom stereocenters. The molecule has 4 aromatic carbocycles. The van der Waals surface area contributed by atoms with Gasteiger partial charge in [-0.2, -0.15) is 0 Å². The second-order valence-corrected chi connectivity index (χ2v) is 9.15. The van der Waals surface area contributed by atoms with Crippen molar-refractivity contribution in [2.75, 3.05) is 5.32 Å². The molecular weight excluding hydrogens is 478 g/mol. The van der Waals surface area contributed by atoms with Crippen molar-refractivity contribution in [3.63, 3.8) is 0 Å². The van der Waals surface area contributed by atoms with Gasteiger partial charge in [-0.1, -0.05) is 60.7 Å². The lowest BCUT2D eigenvalue weighted by atomic mass is 10.0. The Labute approximate surface area is 212 Å². The van der Waals surface area contributed by atoms with Crippen LogP contribution >= 0.6 is 11.8 Å². The first-order valence-electron chi connectivity index (χ1n) is 11.4. The molecule has 0 aromatic heterocycles. The number of amides is 2. The molecule has 0 spiro atoms. The molecule has 0 saturated carbocycles. The van der Waals surface area contributed by atoms with E-state index in [0.29, 0.717) is 10.6 Å². The van der Waals surface area contributed by atoms with Crippen molar-refractivity contribution in [1.82, 2.24) is 5.32 Å². The molecule has 4 aromatic rings. The third-order valence-electron chi connectivity index (χ3n) is 5.45. The molecule has 7 heteroatoms. The fraction of sp³-hybridized carbons (Fsp3) is 0.103. The van der Waals surface area contributed by atoms with E-state index in [1.54, 1.807) is 12.1 Å². The number of carbonyl (C=O) groups excluding carboxylic acids is 2. The summed E-state index contributed by atoms with van der Waals surface area (Å²) in [4.78, 5) is 26.3. The van der Waals surface area contributed by atoms with Gasteiger partial charge in [0.25, 0.3) is 5.91 Å². The average molecular weight is 503 g/mol. The summed E-state index contributed by atoms with van der Waals surface area (Å²) in [7, 11) is 0. The summed E-state index contributed by atoms with van der Waals surface area (Å²) < 4.78 is 28.0. The molecule has 0 aliphatic rings. The van der Waals surface area contributed by atoms with Gasteiger partial charge in [-0.15, -0.1) is 11.8 Å². The summed E-state index contributed by atoms with van der Waals surface area (Å²) in [6.07, 6.45) is 0.229. The first-order chi connectivity index (χ1) is 17.5. The lowest BCUT2D eigenvalue weighted by Crippen LogP contribution is -2.45. The highest BCUT2D eigenvalue weighted by Gasteiger charge is 2.22. The Morgan fingerprint density at radius 1 is 0.778 bits per heavy atom. The summed E-state index contributed by atoms with van der Waals surface area (Å²) in [6.45, 7) is 0. The number of benzene rings is 4. The van der Waals surface area contributed by atoms with Crippen LogP contribution in [0.1, 0.15) is 21.5 Å². The Hall–Kier alpha value is -3.97. The monoisotopic (exact) mass is 502 g/mol. The largest absolute Gasteiger partial charge is 0.340 e. The number of nitrogens with one attached hydrogen (secondary N) is 2. The fourth-order valence-corrected chi connectivity index (χ4v) is 4.44. The van der Waals surface area contributed by atoms with Gasteiger partial charge < -0.3 is 10.6 Å². The van der Waals surface area contributed by atoms with Crippen molar-refractivity contribution in [3.05, 3.63) is 131 Å². The Balaban J connectivity index is 1.45. The first kappa shape index (κ1) is 25.1. The molecule has 4 rings (SSSR count). The molecule has 2 amide bonds. The second-order valence-electron chi connectivity index (χ2n) is 8.13. The van der Waals surface area contributed by atoms with E-state index in [4.69, 9.17) is 0 Å². The zero-order valence-corrected chi connectivity index (χ0v) is 20.1. The van der Waals surface area contributed by atoms with Crippen molar-refractivity contribution in [2.24, 2.45) is 0 Å². The average Bonchev–Trinajstić information content (AvgIpc) is 2.89. The minimum atomic E-state index is -0.930. The van der Waals surface area contributed by atoms with Gasteiger partial charge in [0, 0.05) is 28.3 Å². The summed E-state index contributed by atoms with van der Waals surface area (Å²) in [5.41, 5.74) is 2.44. The molecule has 4 nitrogen and oxygen atoms in total. The molecule has 0 fully saturated rings. The lowest BCUT2D eigenvalue weighted by molar-refractivity contribution is -0.118. The molecule has 0 heterocycles. The quantitative estimate of drug-likeness (QED) is 0.267. The van der Waals surface area contributed by atoms with Crippen molar-refractivity contribution >= 4 is 29.3 Å². The van der Waals surface area contributed by atoms with Crippen LogP contribution in [0.25, 0.3) is 0 Å². The van der Waals surface area contributed by atoms with E-state index in [1.807, 2.05) is 60.7 Å². The van der Waals surface area contributed by atoms with Crippen LogP contribution in [-0.2, 0) is 17.0 Å². The smallest absolute Gasteiger partial charge is 0.251 e. The highest BCUT2D eigenvalue weighted by atomic mass is 32.2. The van der Waals surface area contributed by atoms with Crippen LogP contribution < -0.4 is 10.6 Å². The Morgan fingerprint density at radius 2 is 1.42 bits per heavy atom. The van der Waals surface area contributed by atoms with Crippen molar-refractivity contribution in [3.8, 4) is 0 Å². The third kappa shape index (κ3) is 7.02. The summed E-state index contributed by atoms with van der Waals surface area (Å²) in [6, 6.07) is 27.7. The zero-order valence-electron chi connectivity index (χ0n) is 19.3. The number of anilines is 1. The maximum Gasteiger partial charge on any atom is 0.251 e. The topological polar surface area (TPSA) is 58.2 Å². The van der Waals surface area contributed by atoms with Gasteiger partial charge in [-0.25, -0.2) is 8.78 Å². The summed E-state index contributed by atoms with van der Waals surface area (Å²) >= 11 is 1.37. The lowest BCUT2D eigenvalue weighted by Gasteiger charge is -2.19. The zero-order chi connectivity index (χ0) is 25.3. The molecular formula is C29H24F2N2O2S. The van der Waals surface area contributed by atoms with E-state index in [2.05, 4.69) is 10.6 Å². The predicted molar refractivity (Wildman–Crippen MR) is 139 cm³/mol. The van der Waals surface area contributed by atoms with Crippen LogP contribution in [0, 0.1) is 11.6 Å². The molecule has 0 bridgehead atoms. The van der Waals surface area contributed by atoms with E-state index in [0.717, 1.165) is 11.1 Å². The molecule has 0 radical (unpaired) electrons. The van der Waals surface area contributed by atoms with Gasteiger partial charge in [-0.05, 0) is 53.6 Å². The van der Waals surface area contributed by atoms with Crippen molar-refractivity contribution in [1.29, 1.82) is 0 Å². The van der Waals surface area contributed by atoms with Gasteiger partial charge in [0.2, 0.25) is 5.91 Å². The molecule has 0 aliphatic heterocycles. The number of carbonyl (C=O) groups is 2. The molecule has 0 saturated heterocycles. The van der Waals surface area contributed by atoms with Crippen LogP contribution in [-0.4, -0.2) is 17.9 Å². The molecule has 36 heavy (non-hydrogen) atoms. The SMILES string of the molecule is O=C(N[C@@H](Cc1ccccc1)C(=O)Nc1ccc(SCc2ccccc2)c(F)c1)c1ccc(F)cc1. The van der Waals surface area contributed by atoms with Crippen LogP contribution in [0.2, 0.25) is 0 Å². The number of rotatable bonds is 9. The minimum absolute atomic E-state index is 0.229. The number of hydrogen-bond acceptors (Lipinski definition) is 3. The maximum absolute atomic E-state index is 14.7. The second kappa shape index (κ2) is 12.1. The highest BCUT2D eigenvalue weighted by molar-refractivity contribution is 7.98. The van der Waals surface area contributed by atoms with Gasteiger partial charge >= 0.3 is 0 Å². The van der Waals surface area contributed by atoms with Crippen LogP contribution in [0.5, 0.6) is 0 Å². The predicted octanol–water partition coefficient (Wildman–Crippen LogP) is 6.24. The number of thioether (sulfide) groups is 1. The normalized spacial score (nSPS) is 11.5. The van der Waals surface area contributed by atoms with Gasteiger partial charge in [-0.3, -0.25) is 9.59 Å². The van der Waals surface area contributed by atoms with Crippen LogP contribution in [0.15, 0.2) is 108 Å². The summed E-state index contributed by atoms with van der Waals surface area (Å²) in [5, 5.41) is 5.42. The van der Waals surface area contributed by atoms with Crippen molar-refractivity contribution < 1.29 is 18.4 Å². The molecule has 182 valence electrons. The van der Waals surface area contributed by atoms with Crippen LogP contribution in [0.3, 0.4) is 0 Å². The third-order valence-corrected chi connectivity index (χ3v) is 6.57. The van der Waals surface area contributed by atoms with Crippen LogP contribution in [0.4, 0.5) is 14.5 Å². The van der Waals surface area contributed by atoms with Gasteiger partial charge in [0.15, 0.2) is 0 Å². The standard InChI is InChI=1S/C29H24F2N2O2S/c30-23-13-11-22(12-14-23)28(34)33-26(17-20-7-3-1-4-8-20)29(35)32-24-15-16-27(25(31)18-24)36-19-21-9-5-2-6-10-21/h1-16,18,26H,17,19H2,(H,32,35)(H,33,34)/t26-/m0/s1.